The van der Waals surface area contributed by atoms with Gasteiger partial charge in [-0.05, 0) is 61.7 Å². The summed E-state index contributed by atoms with van der Waals surface area (Å²) in [4.78, 5) is 12.8. The van der Waals surface area contributed by atoms with E-state index in [9.17, 15) is 9.90 Å². The molecule has 1 saturated heterocycles. The van der Waals surface area contributed by atoms with Crippen LogP contribution in [0.15, 0.2) is 0 Å². The molecule has 0 aromatic rings. The Morgan fingerprint density at radius 2 is 1.81 bits per heavy atom. The molecule has 0 aromatic carbocycles. The lowest BCUT2D eigenvalue weighted by Gasteiger charge is -2.64. The average Bonchev–Trinajstić information content (AvgIpc) is 3.23. The van der Waals surface area contributed by atoms with Gasteiger partial charge in [-0.2, -0.15) is 0 Å². The van der Waals surface area contributed by atoms with Crippen LogP contribution in [0.5, 0.6) is 0 Å². The van der Waals surface area contributed by atoms with E-state index in [2.05, 4.69) is 19.8 Å². The Morgan fingerprint density at radius 3 is 2.52 bits per heavy atom. The summed E-state index contributed by atoms with van der Waals surface area (Å²) in [6.07, 6.45) is 12.5. The highest BCUT2D eigenvalue weighted by Crippen LogP contribution is 2.69. The molecule has 5 rings (SSSR count). The predicted molar refractivity (Wildman–Crippen MR) is 101 cm³/mol. The number of carbonyl (C=O) groups is 1. The third kappa shape index (κ3) is 2.26. The molecule has 0 radical (unpaired) electrons. The highest BCUT2D eigenvalue weighted by atomic mass is 16.7. The molecular formula is C23H32O4. The minimum Gasteiger partial charge on any atom is -0.378 e. The molecule has 1 N–H and O–H groups in total. The van der Waals surface area contributed by atoms with E-state index in [0.29, 0.717) is 56.0 Å². The quantitative estimate of drug-likeness (QED) is 0.663. The second-order valence-electron chi connectivity index (χ2n) is 10.5. The number of ether oxygens (including phenoxy) is 2. The average molecular weight is 373 g/mol. The van der Waals surface area contributed by atoms with Crippen molar-refractivity contribution in [1.82, 2.24) is 0 Å². The molecule has 5 aliphatic rings. The SMILES string of the molecule is C#C[C@]1(O)CC[C@@]2(C)[C@@H](CC3(OCCO3)[C@H]3[C@H]4CCC(=O)[C@@]4(C)CC[C@@H]32)C1. The molecule has 7 atom stereocenters. The molecule has 1 spiro atoms. The first-order valence-electron chi connectivity index (χ1n) is 10.8. The normalized spacial score (nSPS) is 53.5. The molecule has 4 saturated carbocycles. The number of hydrogen-bond acceptors (Lipinski definition) is 4. The number of ketones is 1. The predicted octanol–water partition coefficient (Wildman–Crippen LogP) is 3.32. The summed E-state index contributed by atoms with van der Waals surface area (Å²) in [6.45, 7) is 5.86. The fraction of sp³-hybridized carbons (Fsp3) is 0.870. The fourth-order valence-electron chi connectivity index (χ4n) is 7.87. The van der Waals surface area contributed by atoms with Gasteiger partial charge in [-0.25, -0.2) is 0 Å². The zero-order valence-electron chi connectivity index (χ0n) is 16.6. The van der Waals surface area contributed by atoms with Gasteiger partial charge in [0.2, 0.25) is 0 Å². The van der Waals surface area contributed by atoms with E-state index in [1.165, 1.54) is 0 Å². The van der Waals surface area contributed by atoms with E-state index < -0.39 is 11.4 Å². The maximum absolute atomic E-state index is 12.8. The van der Waals surface area contributed by atoms with Crippen molar-refractivity contribution in [2.24, 2.45) is 34.5 Å². The molecule has 1 aliphatic heterocycles. The highest BCUT2D eigenvalue weighted by molar-refractivity contribution is 5.87. The Morgan fingerprint density at radius 1 is 1.07 bits per heavy atom. The van der Waals surface area contributed by atoms with Crippen LogP contribution in [0.4, 0.5) is 0 Å². The Kier molecular flexibility index (Phi) is 3.76. The van der Waals surface area contributed by atoms with Crippen molar-refractivity contribution >= 4 is 5.78 Å². The number of aliphatic hydroxyl groups is 1. The Hall–Kier alpha value is -0.890. The lowest BCUT2D eigenvalue weighted by Crippen LogP contribution is -2.64. The Balaban J connectivity index is 1.58. The standard InChI is InChI=1S/C23H32O4/c1-4-22(25)10-9-20(2)15(13-22)14-23(26-11-12-27-23)19-16-5-6-18(24)21(16,3)8-7-17(19)20/h1,15-17,19,25H,5-14H2,2-3H3/t15-,16-,17+,19+,20+,21+,22+/m1/s1. The van der Waals surface area contributed by atoms with Gasteiger partial charge in [0.05, 0.1) is 13.2 Å². The maximum atomic E-state index is 12.8. The van der Waals surface area contributed by atoms with Gasteiger partial charge in [-0.1, -0.05) is 19.8 Å². The van der Waals surface area contributed by atoms with Crippen LogP contribution in [0.1, 0.15) is 65.2 Å². The summed E-state index contributed by atoms with van der Waals surface area (Å²) in [7, 11) is 0. The van der Waals surface area contributed by atoms with E-state index >= 15 is 0 Å². The fourth-order valence-corrected chi connectivity index (χ4v) is 7.87. The monoisotopic (exact) mass is 372 g/mol. The van der Waals surface area contributed by atoms with Crippen molar-refractivity contribution in [3.63, 3.8) is 0 Å². The van der Waals surface area contributed by atoms with Crippen LogP contribution >= 0.6 is 0 Å². The van der Waals surface area contributed by atoms with Crippen LogP contribution in [-0.2, 0) is 14.3 Å². The third-order valence-electron chi connectivity index (χ3n) is 9.50. The minimum atomic E-state index is -0.997. The van der Waals surface area contributed by atoms with E-state index in [1.54, 1.807) is 0 Å². The summed E-state index contributed by atoms with van der Waals surface area (Å²) in [5, 5.41) is 10.8. The zero-order valence-corrected chi connectivity index (χ0v) is 16.6. The van der Waals surface area contributed by atoms with Crippen molar-refractivity contribution in [2.45, 2.75) is 76.6 Å². The minimum absolute atomic E-state index is 0.140. The molecule has 0 amide bonds. The molecule has 5 fully saturated rings. The van der Waals surface area contributed by atoms with Crippen LogP contribution in [0.2, 0.25) is 0 Å². The summed E-state index contributed by atoms with van der Waals surface area (Å²) < 4.78 is 12.7. The summed E-state index contributed by atoms with van der Waals surface area (Å²) in [5.41, 5.74) is -1.06. The van der Waals surface area contributed by atoms with Crippen molar-refractivity contribution in [3.05, 3.63) is 0 Å². The van der Waals surface area contributed by atoms with Gasteiger partial charge in [0.15, 0.2) is 5.79 Å². The van der Waals surface area contributed by atoms with Crippen molar-refractivity contribution in [3.8, 4) is 12.3 Å². The third-order valence-corrected chi connectivity index (χ3v) is 9.50. The molecule has 4 nitrogen and oxygen atoms in total. The number of fused-ring (bicyclic) bond motifs is 6. The van der Waals surface area contributed by atoms with Gasteiger partial charge < -0.3 is 14.6 Å². The second-order valence-corrected chi connectivity index (χ2v) is 10.5. The van der Waals surface area contributed by atoms with Crippen LogP contribution in [0.25, 0.3) is 0 Å². The van der Waals surface area contributed by atoms with Crippen LogP contribution in [-0.4, -0.2) is 35.5 Å². The molecular weight excluding hydrogens is 340 g/mol. The molecule has 148 valence electrons. The topological polar surface area (TPSA) is 55.8 Å². The molecule has 0 unspecified atom stereocenters. The lowest BCUT2D eigenvalue weighted by molar-refractivity contribution is -0.299. The van der Waals surface area contributed by atoms with Crippen LogP contribution < -0.4 is 0 Å². The van der Waals surface area contributed by atoms with Gasteiger partial charge in [0, 0.05) is 24.2 Å². The van der Waals surface area contributed by atoms with E-state index in [-0.39, 0.29) is 16.7 Å². The molecule has 1 heterocycles. The number of terminal acetylenes is 1. The first-order valence-corrected chi connectivity index (χ1v) is 10.8. The van der Waals surface area contributed by atoms with E-state index in [1.807, 2.05) is 0 Å². The Labute approximate surface area is 162 Å². The summed E-state index contributed by atoms with van der Waals surface area (Å²) in [5.74, 6) is 3.92. The number of carbonyl (C=O) groups excluding carboxylic acids is 1. The molecule has 4 heteroatoms. The largest absolute Gasteiger partial charge is 0.378 e. The van der Waals surface area contributed by atoms with Crippen LogP contribution in [0.3, 0.4) is 0 Å². The number of hydrogen-bond donors (Lipinski definition) is 1. The van der Waals surface area contributed by atoms with Crippen molar-refractivity contribution in [2.75, 3.05) is 13.2 Å². The van der Waals surface area contributed by atoms with Gasteiger partial charge >= 0.3 is 0 Å². The van der Waals surface area contributed by atoms with Crippen LogP contribution in [0, 0.1) is 46.8 Å². The second kappa shape index (κ2) is 5.59. The smallest absolute Gasteiger partial charge is 0.172 e. The van der Waals surface area contributed by atoms with Gasteiger partial charge in [0.1, 0.15) is 11.4 Å². The van der Waals surface area contributed by atoms with Crippen molar-refractivity contribution in [1.29, 1.82) is 0 Å². The lowest BCUT2D eigenvalue weighted by atomic mass is 9.43. The molecule has 0 bridgehead atoms. The van der Waals surface area contributed by atoms with Gasteiger partial charge in [-0.15, -0.1) is 6.42 Å². The van der Waals surface area contributed by atoms with Gasteiger partial charge in [0.25, 0.3) is 0 Å². The van der Waals surface area contributed by atoms with E-state index in [4.69, 9.17) is 15.9 Å². The molecule has 4 aliphatic carbocycles. The van der Waals surface area contributed by atoms with Gasteiger partial charge in [-0.3, -0.25) is 4.79 Å². The first-order chi connectivity index (χ1) is 12.8. The Bertz CT molecular complexity index is 704. The zero-order chi connectivity index (χ0) is 19.1. The highest BCUT2D eigenvalue weighted by Gasteiger charge is 2.69. The van der Waals surface area contributed by atoms with Crippen molar-refractivity contribution < 1.29 is 19.4 Å². The maximum Gasteiger partial charge on any atom is 0.172 e. The molecule has 27 heavy (non-hydrogen) atoms. The molecule has 0 aromatic heterocycles. The number of rotatable bonds is 0. The summed E-state index contributed by atoms with van der Waals surface area (Å²) >= 11 is 0. The number of Topliss-reactive ketones (excluding diaryl/α,β-unsaturated/α-hetero) is 1. The summed E-state index contributed by atoms with van der Waals surface area (Å²) in [6, 6.07) is 0. The first kappa shape index (κ1) is 18.2. The van der Waals surface area contributed by atoms with E-state index in [0.717, 1.165) is 32.1 Å².